The molecule has 0 bridgehead atoms. The molecule has 2 aromatic carbocycles. The lowest BCUT2D eigenvalue weighted by atomic mass is 10.1. The lowest BCUT2D eigenvalue weighted by Crippen LogP contribution is -2.44. The monoisotopic (exact) mass is 632 g/mol. The Labute approximate surface area is 233 Å². The Morgan fingerprint density at radius 2 is 1.48 bits per heavy atom. The van der Waals surface area contributed by atoms with Crippen molar-refractivity contribution in [1.82, 2.24) is 4.72 Å². The smallest absolute Gasteiger partial charge is 0.493 e. The van der Waals surface area contributed by atoms with E-state index in [1.54, 1.807) is 0 Å². The molecular weight excluding hydrogens is 610 g/mol. The zero-order valence-corrected chi connectivity index (χ0v) is 21.8. The Bertz CT molecular complexity index is 1330. The van der Waals surface area contributed by atoms with E-state index in [-0.39, 0.29) is 24.7 Å². The van der Waals surface area contributed by atoms with Crippen LogP contribution in [0.5, 0.6) is 11.5 Å². The van der Waals surface area contributed by atoms with Crippen molar-refractivity contribution in [2.75, 3.05) is 13.2 Å². The minimum Gasteiger partial charge on any atom is -0.493 e. The lowest BCUT2D eigenvalue weighted by Gasteiger charge is -2.17. The van der Waals surface area contributed by atoms with Crippen molar-refractivity contribution in [3.05, 3.63) is 54.1 Å². The number of halogens is 6. The van der Waals surface area contributed by atoms with Gasteiger partial charge in [-0.25, -0.2) is 27.8 Å². The number of nitrogens with zero attached hydrogens (tertiary/aromatic N) is 1. The molecule has 0 spiro atoms. The van der Waals surface area contributed by atoms with E-state index in [0.717, 1.165) is 0 Å². The van der Waals surface area contributed by atoms with E-state index in [2.05, 4.69) is 19.7 Å². The van der Waals surface area contributed by atoms with Crippen LogP contribution in [0.2, 0.25) is 0 Å². The molecule has 20 heteroatoms. The lowest BCUT2D eigenvalue weighted by molar-refractivity contribution is -0.286. The molecule has 2 aromatic rings. The van der Waals surface area contributed by atoms with Gasteiger partial charge in [-0.2, -0.15) is 17.9 Å². The Hall–Kier alpha value is -4.46. The molecule has 0 unspecified atom stereocenters. The summed E-state index contributed by atoms with van der Waals surface area (Å²) < 4.78 is 111. The van der Waals surface area contributed by atoms with Crippen LogP contribution in [0.3, 0.4) is 0 Å². The summed E-state index contributed by atoms with van der Waals surface area (Å²) in [5, 5.41) is 3.32. The molecule has 232 valence electrons. The van der Waals surface area contributed by atoms with E-state index in [4.69, 9.17) is 21.0 Å². The first-order valence-electron chi connectivity index (χ1n) is 11.3. The number of benzene rings is 2. The van der Waals surface area contributed by atoms with Crippen LogP contribution in [0.25, 0.3) is 0 Å². The zero-order chi connectivity index (χ0) is 31.6. The number of oxime groups is 1. The quantitative estimate of drug-likeness (QED) is 0.0731. The van der Waals surface area contributed by atoms with Gasteiger partial charge in [0, 0.05) is 6.42 Å². The minimum absolute atomic E-state index is 0.136. The van der Waals surface area contributed by atoms with Crippen LogP contribution in [-0.2, 0) is 40.6 Å². The average Bonchev–Trinajstić information content (AvgIpc) is 2.88. The highest BCUT2D eigenvalue weighted by Gasteiger charge is 2.43. The van der Waals surface area contributed by atoms with Gasteiger partial charge >= 0.3 is 24.5 Å². The molecule has 0 saturated carbocycles. The third-order valence-electron chi connectivity index (χ3n) is 4.56. The second-order valence-electron chi connectivity index (χ2n) is 7.86. The van der Waals surface area contributed by atoms with Gasteiger partial charge in [-0.05, 0) is 53.5 Å². The van der Waals surface area contributed by atoms with Crippen molar-refractivity contribution in [1.29, 1.82) is 0 Å². The van der Waals surface area contributed by atoms with Gasteiger partial charge in [0.2, 0.25) is 16.0 Å². The maximum Gasteiger partial charge on any atom is 0.573 e. The molecular formula is C22H22F6N4O9S. The standard InChI is InChI=1S/C22H22F6N4O9S/c23-21(24,25)19(34)41-40-18(33)17(32-42(35,36)16-8-6-15(7-9-16)39-22(26,27)28)12-13-2-4-14(5-3-13)37-10-1-11-38-31-20(29)30/h2-9,17,32H,1,10-12H2,(H4,29,30,31)/t17-/m0/s1. The van der Waals surface area contributed by atoms with Crippen LogP contribution < -0.4 is 25.7 Å². The first-order chi connectivity index (χ1) is 19.5. The van der Waals surface area contributed by atoms with Gasteiger partial charge in [0.25, 0.3) is 0 Å². The molecule has 0 radical (unpaired) electrons. The molecule has 0 aliphatic rings. The van der Waals surface area contributed by atoms with E-state index in [0.29, 0.717) is 36.4 Å². The summed E-state index contributed by atoms with van der Waals surface area (Å²) in [4.78, 5) is 34.8. The van der Waals surface area contributed by atoms with Gasteiger partial charge in [0.15, 0.2) is 0 Å². The maximum absolute atomic E-state index is 12.8. The fourth-order valence-corrected chi connectivity index (χ4v) is 4.01. The van der Waals surface area contributed by atoms with Crippen molar-refractivity contribution in [2.24, 2.45) is 16.6 Å². The summed E-state index contributed by atoms with van der Waals surface area (Å²) in [6.45, 7) is 0.308. The van der Waals surface area contributed by atoms with Gasteiger partial charge in [-0.1, -0.05) is 12.1 Å². The fraction of sp³-hybridized carbons (Fsp3) is 0.318. The Kier molecular flexibility index (Phi) is 11.6. The van der Waals surface area contributed by atoms with Gasteiger partial charge in [-0.3, -0.25) is 0 Å². The zero-order valence-electron chi connectivity index (χ0n) is 21.0. The topological polar surface area (TPSA) is 191 Å². The Morgan fingerprint density at radius 3 is 2.02 bits per heavy atom. The van der Waals surface area contributed by atoms with Gasteiger partial charge in [0.05, 0.1) is 11.5 Å². The van der Waals surface area contributed by atoms with Crippen molar-refractivity contribution in [3.63, 3.8) is 0 Å². The number of carbonyl (C=O) groups is 2. The number of hydrogen-bond acceptors (Lipinski definition) is 10. The van der Waals surface area contributed by atoms with Crippen molar-refractivity contribution >= 4 is 27.9 Å². The predicted octanol–water partition coefficient (Wildman–Crippen LogP) is 2.01. The molecule has 13 nitrogen and oxygen atoms in total. The number of sulfonamides is 1. The number of guanidine groups is 1. The van der Waals surface area contributed by atoms with Crippen LogP contribution >= 0.6 is 0 Å². The second-order valence-corrected chi connectivity index (χ2v) is 9.58. The van der Waals surface area contributed by atoms with E-state index < -0.39 is 57.6 Å². The molecule has 0 heterocycles. The summed E-state index contributed by atoms with van der Waals surface area (Å²) in [5.74, 6) is -5.30. The summed E-state index contributed by atoms with van der Waals surface area (Å²) in [6, 6.07) is 6.40. The van der Waals surface area contributed by atoms with E-state index >= 15 is 0 Å². The number of rotatable bonds is 13. The SMILES string of the molecule is NC(N)=NOCCCOc1ccc(C[C@H](NS(=O)(=O)c2ccc(OC(F)(F)F)cc2)C(=O)OOC(=O)C(F)(F)F)cc1. The molecule has 0 fully saturated rings. The van der Waals surface area contributed by atoms with Crippen LogP contribution in [0.15, 0.2) is 58.6 Å². The summed E-state index contributed by atoms with van der Waals surface area (Å²) in [6.07, 6.45) is -10.7. The average molecular weight is 632 g/mol. The molecule has 0 saturated heterocycles. The number of nitrogens with two attached hydrogens (primary N) is 2. The minimum atomic E-state index is -5.53. The third kappa shape index (κ3) is 12.0. The fourth-order valence-electron chi connectivity index (χ4n) is 2.82. The van der Waals surface area contributed by atoms with Crippen LogP contribution in [0.1, 0.15) is 12.0 Å². The molecule has 1 atom stereocenters. The highest BCUT2D eigenvalue weighted by molar-refractivity contribution is 7.89. The Balaban J connectivity index is 2.14. The van der Waals surface area contributed by atoms with Gasteiger partial charge < -0.3 is 25.8 Å². The van der Waals surface area contributed by atoms with E-state index in [9.17, 15) is 44.3 Å². The van der Waals surface area contributed by atoms with E-state index in [1.165, 1.54) is 24.3 Å². The molecule has 0 amide bonds. The number of alkyl halides is 6. The summed E-state index contributed by atoms with van der Waals surface area (Å²) >= 11 is 0. The van der Waals surface area contributed by atoms with Crippen LogP contribution in [0, 0.1) is 0 Å². The molecule has 5 N–H and O–H groups in total. The van der Waals surface area contributed by atoms with Gasteiger partial charge in [-0.15, -0.1) is 13.2 Å². The van der Waals surface area contributed by atoms with Crippen molar-refractivity contribution in [2.45, 2.75) is 36.3 Å². The molecule has 42 heavy (non-hydrogen) atoms. The number of carbonyl (C=O) groups excluding carboxylic acids is 2. The largest absolute Gasteiger partial charge is 0.573 e. The second kappa shape index (κ2) is 14.4. The van der Waals surface area contributed by atoms with Crippen LogP contribution in [-0.4, -0.2) is 58.1 Å². The predicted molar refractivity (Wildman–Crippen MR) is 127 cm³/mol. The molecule has 0 aromatic heterocycles. The van der Waals surface area contributed by atoms with Gasteiger partial charge in [0.1, 0.15) is 24.1 Å². The number of nitrogens with one attached hydrogen (secondary N) is 1. The third-order valence-corrected chi connectivity index (χ3v) is 6.05. The molecule has 0 aliphatic carbocycles. The normalized spacial score (nSPS) is 12.5. The maximum atomic E-state index is 12.8. The highest BCUT2D eigenvalue weighted by Crippen LogP contribution is 2.24. The van der Waals surface area contributed by atoms with Crippen LogP contribution in [0.4, 0.5) is 26.3 Å². The summed E-state index contributed by atoms with van der Waals surface area (Å²) in [5.41, 5.74) is 10.4. The summed E-state index contributed by atoms with van der Waals surface area (Å²) in [7, 11) is -4.70. The number of hydrogen-bond donors (Lipinski definition) is 3. The Morgan fingerprint density at radius 1 is 0.881 bits per heavy atom. The first kappa shape index (κ1) is 33.7. The van der Waals surface area contributed by atoms with Crippen molar-refractivity contribution in [3.8, 4) is 11.5 Å². The molecule has 2 rings (SSSR count). The van der Waals surface area contributed by atoms with Crippen molar-refractivity contribution < 1.29 is 68.4 Å². The first-order valence-corrected chi connectivity index (χ1v) is 12.7. The molecule has 0 aliphatic heterocycles. The van der Waals surface area contributed by atoms with E-state index in [1.807, 2.05) is 4.72 Å². The highest BCUT2D eigenvalue weighted by atomic mass is 32.2. The number of ether oxygens (including phenoxy) is 2.